The second-order valence-electron chi connectivity index (χ2n) is 3.95. The average Bonchev–Trinajstić information content (AvgIpc) is 2.69. The van der Waals surface area contributed by atoms with Crippen LogP contribution in [-0.4, -0.2) is 41.6 Å². The molecule has 19 heavy (non-hydrogen) atoms. The van der Waals surface area contributed by atoms with Gasteiger partial charge in [0.05, 0.1) is 4.47 Å². The minimum atomic E-state index is -3.47. The molecule has 2 rings (SSSR count). The van der Waals surface area contributed by atoms with Crippen molar-refractivity contribution in [3.05, 3.63) is 29.0 Å². The van der Waals surface area contributed by atoms with Crippen LogP contribution in [0.15, 0.2) is 33.9 Å². The molecule has 0 saturated heterocycles. The van der Waals surface area contributed by atoms with E-state index in [1.54, 1.807) is 12.3 Å². The van der Waals surface area contributed by atoms with Crippen molar-refractivity contribution in [1.82, 2.24) is 19.1 Å². The zero-order valence-corrected chi connectivity index (χ0v) is 12.7. The van der Waals surface area contributed by atoms with Gasteiger partial charge < -0.3 is 5.73 Å². The van der Waals surface area contributed by atoms with Gasteiger partial charge in [-0.2, -0.15) is 0 Å². The van der Waals surface area contributed by atoms with Gasteiger partial charge in [-0.15, -0.1) is 5.10 Å². The van der Waals surface area contributed by atoms with E-state index >= 15 is 0 Å². The number of nitrogens with zero attached hydrogens (tertiary/aromatic N) is 4. The van der Waals surface area contributed by atoms with Crippen LogP contribution in [0.3, 0.4) is 0 Å². The van der Waals surface area contributed by atoms with Crippen LogP contribution in [-0.2, 0) is 10.0 Å². The van der Waals surface area contributed by atoms with E-state index in [1.165, 1.54) is 31.0 Å². The lowest BCUT2D eigenvalue weighted by Gasteiger charge is -2.11. The summed E-state index contributed by atoms with van der Waals surface area (Å²) in [6, 6.07) is 3.04. The highest BCUT2D eigenvalue weighted by molar-refractivity contribution is 9.10. The van der Waals surface area contributed by atoms with Crippen LogP contribution in [0, 0.1) is 0 Å². The maximum Gasteiger partial charge on any atom is 0.244 e. The molecule has 9 heteroatoms. The highest BCUT2D eigenvalue weighted by Crippen LogP contribution is 2.19. The number of rotatable bonds is 3. The first kappa shape index (κ1) is 14.0. The van der Waals surface area contributed by atoms with Crippen LogP contribution in [0.5, 0.6) is 0 Å². The van der Waals surface area contributed by atoms with E-state index in [0.717, 1.165) is 4.31 Å². The van der Waals surface area contributed by atoms with Crippen molar-refractivity contribution in [2.45, 2.75) is 4.90 Å². The van der Waals surface area contributed by atoms with Crippen molar-refractivity contribution in [2.75, 3.05) is 19.8 Å². The van der Waals surface area contributed by atoms with Gasteiger partial charge in [-0.3, -0.25) is 0 Å². The van der Waals surface area contributed by atoms with Crippen LogP contribution < -0.4 is 5.73 Å². The molecule has 0 unspecified atom stereocenters. The third kappa shape index (κ3) is 2.62. The van der Waals surface area contributed by atoms with Crippen molar-refractivity contribution in [3.63, 3.8) is 0 Å². The van der Waals surface area contributed by atoms with E-state index in [9.17, 15) is 8.42 Å². The lowest BCUT2D eigenvalue weighted by Crippen LogP contribution is -2.22. The zero-order valence-electron chi connectivity index (χ0n) is 10.3. The van der Waals surface area contributed by atoms with Gasteiger partial charge in [0.2, 0.25) is 10.0 Å². The molecule has 0 radical (unpaired) electrons. The first-order valence-corrected chi connectivity index (χ1v) is 7.45. The number of anilines is 1. The number of aromatic nitrogens is 3. The van der Waals surface area contributed by atoms with E-state index in [0.29, 0.717) is 16.1 Å². The number of halogens is 1. The average molecular weight is 346 g/mol. The standard InChI is InChI=1S/C10H12BrN5O2S/c1-15(2)19(17,18)7-3-4-9(13-5-7)16-6-8(11)10(12)14-16/h3-6H,1-2H3,(H2,12,14). The monoisotopic (exact) mass is 345 g/mol. The lowest BCUT2D eigenvalue weighted by atomic mass is 10.5. The summed E-state index contributed by atoms with van der Waals surface area (Å²) in [5, 5.41) is 4.03. The van der Waals surface area contributed by atoms with E-state index in [-0.39, 0.29) is 4.90 Å². The highest BCUT2D eigenvalue weighted by atomic mass is 79.9. The Morgan fingerprint density at radius 1 is 1.37 bits per heavy atom. The van der Waals surface area contributed by atoms with E-state index < -0.39 is 10.0 Å². The number of hydrogen-bond donors (Lipinski definition) is 1. The van der Waals surface area contributed by atoms with Gasteiger partial charge in [-0.25, -0.2) is 22.4 Å². The Kier molecular flexibility index (Phi) is 3.61. The molecule has 0 aliphatic carbocycles. The molecule has 0 bridgehead atoms. The van der Waals surface area contributed by atoms with Crippen molar-refractivity contribution in [2.24, 2.45) is 0 Å². The molecule has 0 saturated carbocycles. The molecule has 0 aromatic carbocycles. The van der Waals surface area contributed by atoms with Crippen LogP contribution in [0.4, 0.5) is 5.82 Å². The van der Waals surface area contributed by atoms with Gasteiger partial charge in [-0.05, 0) is 28.1 Å². The first-order valence-electron chi connectivity index (χ1n) is 5.22. The number of nitrogens with two attached hydrogens (primary N) is 1. The third-order valence-electron chi connectivity index (χ3n) is 2.43. The Bertz CT molecular complexity index is 674. The first-order chi connectivity index (χ1) is 8.82. The van der Waals surface area contributed by atoms with E-state index in [2.05, 4.69) is 26.0 Å². The quantitative estimate of drug-likeness (QED) is 0.890. The molecule has 0 aliphatic heterocycles. The topological polar surface area (TPSA) is 94.1 Å². The van der Waals surface area contributed by atoms with Crippen LogP contribution in [0.1, 0.15) is 0 Å². The smallest absolute Gasteiger partial charge is 0.244 e. The van der Waals surface area contributed by atoms with Crippen LogP contribution in [0.2, 0.25) is 0 Å². The largest absolute Gasteiger partial charge is 0.381 e. The fourth-order valence-electron chi connectivity index (χ4n) is 1.35. The number of hydrogen-bond acceptors (Lipinski definition) is 5. The minimum Gasteiger partial charge on any atom is -0.381 e. The lowest BCUT2D eigenvalue weighted by molar-refractivity contribution is 0.520. The molecule has 2 heterocycles. The summed E-state index contributed by atoms with van der Waals surface area (Å²) in [5.41, 5.74) is 5.61. The van der Waals surface area contributed by atoms with Crippen LogP contribution in [0.25, 0.3) is 5.82 Å². The summed E-state index contributed by atoms with van der Waals surface area (Å²) in [7, 11) is -0.538. The minimum absolute atomic E-state index is 0.125. The molecule has 102 valence electrons. The second kappa shape index (κ2) is 4.91. The van der Waals surface area contributed by atoms with E-state index in [4.69, 9.17) is 5.73 Å². The Morgan fingerprint density at radius 3 is 2.47 bits per heavy atom. The maximum atomic E-state index is 11.9. The molecule has 2 N–H and O–H groups in total. The predicted molar refractivity (Wildman–Crippen MR) is 74.3 cm³/mol. The molecule has 0 atom stereocenters. The van der Waals surface area contributed by atoms with Crippen LogP contribution >= 0.6 is 15.9 Å². The summed E-state index contributed by atoms with van der Waals surface area (Å²) in [6.07, 6.45) is 2.94. The predicted octanol–water partition coefficient (Wildman–Crippen LogP) is 0.862. The van der Waals surface area contributed by atoms with Gasteiger partial charge in [0.25, 0.3) is 0 Å². The molecule has 2 aromatic rings. The Balaban J connectivity index is 2.39. The highest BCUT2D eigenvalue weighted by Gasteiger charge is 2.17. The summed E-state index contributed by atoms with van der Waals surface area (Å²) in [5.74, 6) is 0.821. The van der Waals surface area contributed by atoms with Gasteiger partial charge in [0.15, 0.2) is 11.6 Å². The van der Waals surface area contributed by atoms with Gasteiger partial charge >= 0.3 is 0 Å². The van der Waals surface area contributed by atoms with E-state index in [1.807, 2.05) is 0 Å². The SMILES string of the molecule is CN(C)S(=O)(=O)c1ccc(-n2cc(Br)c(N)n2)nc1. The molecule has 0 fully saturated rings. The molecular weight excluding hydrogens is 334 g/mol. The molecular formula is C10H12BrN5O2S. The summed E-state index contributed by atoms with van der Waals surface area (Å²) >= 11 is 3.24. The van der Waals surface area contributed by atoms with Gasteiger partial charge in [0, 0.05) is 26.5 Å². The van der Waals surface area contributed by atoms with Crippen molar-refractivity contribution >= 4 is 31.8 Å². The Hall–Kier alpha value is -1.45. The zero-order chi connectivity index (χ0) is 14.2. The molecule has 0 aliphatic rings. The van der Waals surface area contributed by atoms with Crippen molar-refractivity contribution < 1.29 is 8.42 Å². The normalized spacial score (nSPS) is 12.0. The molecule has 2 aromatic heterocycles. The summed E-state index contributed by atoms with van der Waals surface area (Å²) in [6.45, 7) is 0. The number of pyridine rings is 1. The van der Waals surface area contributed by atoms with Gasteiger partial charge in [0.1, 0.15) is 4.90 Å². The van der Waals surface area contributed by atoms with Gasteiger partial charge in [-0.1, -0.05) is 0 Å². The van der Waals surface area contributed by atoms with Crippen molar-refractivity contribution in [3.8, 4) is 5.82 Å². The Labute approximate surface area is 119 Å². The molecule has 0 amide bonds. The fraction of sp³-hybridized carbons (Fsp3) is 0.200. The van der Waals surface area contributed by atoms with Crippen molar-refractivity contribution in [1.29, 1.82) is 0 Å². The third-order valence-corrected chi connectivity index (χ3v) is 4.84. The molecule has 7 nitrogen and oxygen atoms in total. The second-order valence-corrected chi connectivity index (χ2v) is 6.95. The maximum absolute atomic E-state index is 11.9. The fourth-order valence-corrected chi connectivity index (χ4v) is 2.48. The number of sulfonamides is 1. The number of nitrogen functional groups attached to an aromatic ring is 1. The summed E-state index contributed by atoms with van der Waals surface area (Å²) in [4.78, 5) is 4.20. The summed E-state index contributed by atoms with van der Waals surface area (Å²) < 4.78 is 27.0. The molecule has 0 spiro atoms. The Morgan fingerprint density at radius 2 is 2.05 bits per heavy atom.